The lowest BCUT2D eigenvalue weighted by atomic mass is 10.1. The molecule has 0 unspecified atom stereocenters. The summed E-state index contributed by atoms with van der Waals surface area (Å²) in [6, 6.07) is 12.2. The fourth-order valence-electron chi connectivity index (χ4n) is 3.24. The summed E-state index contributed by atoms with van der Waals surface area (Å²) in [6.45, 7) is 4.62. The lowest BCUT2D eigenvalue weighted by molar-refractivity contribution is -0.130. The first-order valence-electron chi connectivity index (χ1n) is 9.74. The largest absolute Gasteiger partial charge is 0.343 e. The zero-order valence-electron chi connectivity index (χ0n) is 16.9. The Morgan fingerprint density at radius 3 is 2.30 bits per heavy atom. The highest BCUT2D eigenvalue weighted by Gasteiger charge is 2.17. The van der Waals surface area contributed by atoms with Gasteiger partial charge in [-0.15, -0.1) is 0 Å². The lowest BCUT2D eigenvalue weighted by Gasteiger charge is -2.19. The lowest BCUT2D eigenvalue weighted by Crippen LogP contribution is -2.34. The predicted octanol–water partition coefficient (Wildman–Crippen LogP) is 2.59. The number of fused-ring (bicyclic) bond motifs is 1. The molecule has 0 atom stereocenters. The molecule has 7 nitrogen and oxygen atoms in total. The Balaban J connectivity index is 1.91. The highest BCUT2D eigenvalue weighted by atomic mass is 19.1. The van der Waals surface area contributed by atoms with Gasteiger partial charge in [0.15, 0.2) is 0 Å². The quantitative estimate of drug-likeness (QED) is 0.649. The van der Waals surface area contributed by atoms with Crippen molar-refractivity contribution in [1.29, 1.82) is 0 Å². The van der Waals surface area contributed by atoms with Crippen LogP contribution in [0, 0.1) is 5.82 Å². The van der Waals surface area contributed by atoms with E-state index >= 15 is 0 Å². The molecule has 1 heterocycles. The average molecular weight is 410 g/mol. The summed E-state index contributed by atoms with van der Waals surface area (Å²) in [5, 5.41) is 7.92. The van der Waals surface area contributed by atoms with E-state index in [0.29, 0.717) is 35.2 Å². The molecule has 2 amide bonds. The van der Waals surface area contributed by atoms with Gasteiger partial charge in [-0.2, -0.15) is 5.10 Å². The number of hydrogen-bond acceptors (Lipinski definition) is 4. The van der Waals surface area contributed by atoms with Crippen LogP contribution >= 0.6 is 0 Å². The van der Waals surface area contributed by atoms with Gasteiger partial charge < -0.3 is 10.2 Å². The number of halogens is 1. The first-order valence-corrected chi connectivity index (χ1v) is 9.74. The Labute approximate surface area is 173 Å². The average Bonchev–Trinajstić information content (AvgIpc) is 2.74. The first kappa shape index (κ1) is 21.2. The highest BCUT2D eigenvalue weighted by molar-refractivity contribution is 5.91. The summed E-state index contributed by atoms with van der Waals surface area (Å²) in [6.07, 6.45) is 0.0298. The van der Waals surface area contributed by atoms with E-state index in [9.17, 15) is 18.8 Å². The van der Waals surface area contributed by atoms with Gasteiger partial charge >= 0.3 is 0 Å². The van der Waals surface area contributed by atoms with E-state index in [1.807, 2.05) is 13.8 Å². The van der Waals surface area contributed by atoms with Crippen LogP contribution in [0.2, 0.25) is 0 Å². The highest BCUT2D eigenvalue weighted by Crippen LogP contribution is 2.15. The number of aromatic nitrogens is 2. The summed E-state index contributed by atoms with van der Waals surface area (Å²) in [7, 11) is 0. The molecule has 0 spiro atoms. The first-order chi connectivity index (χ1) is 14.4. The van der Waals surface area contributed by atoms with Crippen molar-refractivity contribution in [2.75, 3.05) is 18.4 Å². The molecule has 3 rings (SSSR count). The molecule has 0 radical (unpaired) electrons. The molecule has 0 bridgehead atoms. The van der Waals surface area contributed by atoms with Crippen molar-refractivity contribution in [3.05, 3.63) is 70.4 Å². The molecule has 156 valence electrons. The van der Waals surface area contributed by atoms with Crippen LogP contribution in [-0.4, -0.2) is 39.6 Å². The third-order valence-corrected chi connectivity index (χ3v) is 4.80. The van der Waals surface area contributed by atoms with Crippen molar-refractivity contribution in [3.8, 4) is 0 Å². The van der Waals surface area contributed by atoms with Crippen LogP contribution in [0.3, 0.4) is 0 Å². The van der Waals surface area contributed by atoms with E-state index in [2.05, 4.69) is 10.4 Å². The molecular formula is C22H23FN4O3. The number of nitrogens with one attached hydrogen (secondary N) is 1. The van der Waals surface area contributed by atoms with Crippen molar-refractivity contribution in [2.24, 2.45) is 0 Å². The van der Waals surface area contributed by atoms with Gasteiger partial charge in [0.1, 0.15) is 12.4 Å². The van der Waals surface area contributed by atoms with Crippen LogP contribution in [0.5, 0.6) is 0 Å². The minimum absolute atomic E-state index is 0.0298. The summed E-state index contributed by atoms with van der Waals surface area (Å²) < 4.78 is 14.1. The van der Waals surface area contributed by atoms with Crippen LogP contribution in [0.1, 0.15) is 19.5 Å². The van der Waals surface area contributed by atoms with Gasteiger partial charge in [0, 0.05) is 24.2 Å². The Morgan fingerprint density at radius 2 is 1.67 bits per heavy atom. The number of rotatable bonds is 7. The minimum atomic E-state index is -0.479. The van der Waals surface area contributed by atoms with Crippen LogP contribution < -0.4 is 10.9 Å². The Hall–Kier alpha value is -3.55. The Bertz CT molecular complexity index is 1120. The number of nitrogens with zero attached hydrogens (tertiary/aromatic N) is 3. The number of likely N-dealkylation sites (N-methyl/N-ethyl adjacent to an activating group) is 1. The Kier molecular flexibility index (Phi) is 6.56. The van der Waals surface area contributed by atoms with E-state index < -0.39 is 17.3 Å². The molecule has 0 saturated carbocycles. The SMILES string of the molecule is CCN(CC)C(=O)Cc1nn(CC(=O)Nc2ccc(F)cc2)c(=O)c2ccccc12. The third kappa shape index (κ3) is 4.71. The molecule has 0 aliphatic carbocycles. The number of amides is 2. The number of carbonyl (C=O) groups excluding carboxylic acids is 2. The number of benzene rings is 2. The van der Waals surface area contributed by atoms with E-state index in [1.165, 1.54) is 24.3 Å². The maximum Gasteiger partial charge on any atom is 0.275 e. The maximum atomic E-state index is 13.0. The van der Waals surface area contributed by atoms with Crippen molar-refractivity contribution < 1.29 is 14.0 Å². The van der Waals surface area contributed by atoms with Gasteiger partial charge in [0.05, 0.1) is 17.5 Å². The van der Waals surface area contributed by atoms with E-state index in [1.54, 1.807) is 29.2 Å². The van der Waals surface area contributed by atoms with Gasteiger partial charge in [-0.3, -0.25) is 14.4 Å². The van der Waals surface area contributed by atoms with Crippen molar-refractivity contribution >= 4 is 28.3 Å². The van der Waals surface area contributed by atoms with Crippen molar-refractivity contribution in [2.45, 2.75) is 26.8 Å². The standard InChI is InChI=1S/C22H23FN4O3/c1-3-26(4-2)21(29)13-19-17-7-5-6-8-18(17)22(30)27(25-19)14-20(28)24-16-11-9-15(23)10-12-16/h5-12H,3-4,13-14H2,1-2H3,(H,24,28). The normalized spacial score (nSPS) is 10.8. The molecule has 0 fully saturated rings. The van der Waals surface area contributed by atoms with E-state index in [0.717, 1.165) is 4.68 Å². The number of hydrogen-bond donors (Lipinski definition) is 1. The summed E-state index contributed by atoms with van der Waals surface area (Å²) >= 11 is 0. The molecule has 1 N–H and O–H groups in total. The second-order valence-electron chi connectivity index (χ2n) is 6.75. The van der Waals surface area contributed by atoms with Crippen LogP contribution in [0.15, 0.2) is 53.3 Å². The van der Waals surface area contributed by atoms with Crippen LogP contribution in [-0.2, 0) is 22.6 Å². The maximum absolute atomic E-state index is 13.0. The molecule has 30 heavy (non-hydrogen) atoms. The van der Waals surface area contributed by atoms with Gasteiger partial charge in [0.25, 0.3) is 5.56 Å². The topological polar surface area (TPSA) is 84.3 Å². The molecule has 2 aromatic carbocycles. The molecule has 0 aliphatic rings. The molecular weight excluding hydrogens is 387 g/mol. The smallest absolute Gasteiger partial charge is 0.275 e. The predicted molar refractivity (Wildman–Crippen MR) is 113 cm³/mol. The van der Waals surface area contributed by atoms with Gasteiger partial charge in [-0.1, -0.05) is 18.2 Å². The van der Waals surface area contributed by atoms with E-state index in [-0.39, 0.29) is 18.9 Å². The zero-order chi connectivity index (χ0) is 21.7. The summed E-state index contributed by atoms with van der Waals surface area (Å²) in [4.78, 5) is 39.5. The van der Waals surface area contributed by atoms with Crippen molar-refractivity contribution in [1.82, 2.24) is 14.7 Å². The monoisotopic (exact) mass is 410 g/mol. The summed E-state index contributed by atoms with van der Waals surface area (Å²) in [5.74, 6) is -0.992. The molecule has 8 heteroatoms. The summed E-state index contributed by atoms with van der Waals surface area (Å²) in [5.41, 5.74) is 0.433. The minimum Gasteiger partial charge on any atom is -0.343 e. The van der Waals surface area contributed by atoms with E-state index in [4.69, 9.17) is 0 Å². The second-order valence-corrected chi connectivity index (χ2v) is 6.75. The molecule has 1 aromatic heterocycles. The number of anilines is 1. The van der Waals surface area contributed by atoms with Gasteiger partial charge in [-0.25, -0.2) is 9.07 Å². The van der Waals surface area contributed by atoms with Gasteiger partial charge in [-0.05, 0) is 44.2 Å². The van der Waals surface area contributed by atoms with Crippen molar-refractivity contribution in [3.63, 3.8) is 0 Å². The van der Waals surface area contributed by atoms with Crippen LogP contribution in [0.4, 0.5) is 10.1 Å². The zero-order valence-corrected chi connectivity index (χ0v) is 16.9. The molecule has 0 saturated heterocycles. The third-order valence-electron chi connectivity index (χ3n) is 4.80. The van der Waals surface area contributed by atoms with Gasteiger partial charge in [0.2, 0.25) is 11.8 Å². The fraction of sp³-hybridized carbons (Fsp3) is 0.273. The molecule has 3 aromatic rings. The fourth-order valence-corrected chi connectivity index (χ4v) is 3.24. The number of carbonyl (C=O) groups is 2. The Morgan fingerprint density at radius 1 is 1.03 bits per heavy atom. The molecule has 0 aliphatic heterocycles. The van der Waals surface area contributed by atoms with Crippen LogP contribution in [0.25, 0.3) is 10.8 Å². The second kappa shape index (κ2) is 9.30.